The Hall–Kier alpha value is -1.62. The quantitative estimate of drug-likeness (QED) is 0.454. The van der Waals surface area contributed by atoms with E-state index in [2.05, 4.69) is 15.2 Å². The van der Waals surface area contributed by atoms with Crippen molar-refractivity contribution in [2.75, 3.05) is 33.4 Å². The second kappa shape index (κ2) is 8.87. The maximum absolute atomic E-state index is 13.6. The van der Waals surface area contributed by atoms with E-state index in [9.17, 15) is 4.39 Å². The Balaban J connectivity index is 1.85. The number of aliphatic imine (C=N–C) groups is 1. The molecular weight excluding hydrogens is 293 g/mol. The second-order valence-electron chi connectivity index (χ2n) is 6.19. The number of hydrogen-bond acceptors (Lipinski definition) is 2. The molecule has 1 aromatic rings. The normalized spacial score (nSPS) is 14.9. The number of likely N-dealkylation sites (N-methyl/N-ethyl adjacent to an activating group) is 1. The first kappa shape index (κ1) is 17.7. The van der Waals surface area contributed by atoms with Crippen LogP contribution in [0.4, 0.5) is 4.39 Å². The molecule has 1 aromatic carbocycles. The average molecular weight is 321 g/mol. The number of guanidine groups is 1. The molecule has 0 amide bonds. The molecule has 128 valence electrons. The molecule has 23 heavy (non-hydrogen) atoms. The molecule has 2 rings (SSSR count). The Kier molecular flexibility index (Phi) is 6.84. The minimum Gasteiger partial charge on any atom is -0.379 e. The van der Waals surface area contributed by atoms with Gasteiger partial charge in [-0.25, -0.2) is 9.38 Å². The largest absolute Gasteiger partial charge is 0.379 e. The van der Waals surface area contributed by atoms with Crippen LogP contribution in [0.3, 0.4) is 0 Å². The van der Waals surface area contributed by atoms with Crippen molar-refractivity contribution < 1.29 is 9.13 Å². The molecule has 4 nitrogen and oxygen atoms in total. The minimum absolute atomic E-state index is 0.176. The second-order valence-corrected chi connectivity index (χ2v) is 6.19. The van der Waals surface area contributed by atoms with Crippen molar-refractivity contribution in [1.29, 1.82) is 0 Å². The van der Waals surface area contributed by atoms with E-state index in [0.29, 0.717) is 18.7 Å². The summed E-state index contributed by atoms with van der Waals surface area (Å²) in [6.07, 6.45) is 2.63. The molecule has 0 aliphatic heterocycles. The zero-order chi connectivity index (χ0) is 16.7. The number of nitrogens with one attached hydrogen (secondary N) is 1. The van der Waals surface area contributed by atoms with Gasteiger partial charge in [-0.2, -0.15) is 0 Å². The molecule has 0 aromatic heterocycles. The first-order valence-electron chi connectivity index (χ1n) is 8.42. The predicted molar refractivity (Wildman–Crippen MR) is 92.1 cm³/mol. The summed E-state index contributed by atoms with van der Waals surface area (Å²) < 4.78 is 19.3. The van der Waals surface area contributed by atoms with E-state index in [0.717, 1.165) is 37.1 Å². The van der Waals surface area contributed by atoms with E-state index >= 15 is 0 Å². The van der Waals surface area contributed by atoms with Crippen LogP contribution in [0.25, 0.3) is 0 Å². The fourth-order valence-electron chi connectivity index (χ4n) is 2.21. The highest BCUT2D eigenvalue weighted by atomic mass is 19.1. The summed E-state index contributed by atoms with van der Waals surface area (Å²) in [5.74, 6) is 1.44. The van der Waals surface area contributed by atoms with Crippen LogP contribution in [-0.4, -0.2) is 44.2 Å². The smallest absolute Gasteiger partial charge is 0.194 e. The van der Waals surface area contributed by atoms with Crippen LogP contribution < -0.4 is 5.32 Å². The van der Waals surface area contributed by atoms with Crippen molar-refractivity contribution in [3.05, 3.63) is 35.1 Å². The molecule has 0 heterocycles. The van der Waals surface area contributed by atoms with Crippen molar-refractivity contribution in [1.82, 2.24) is 10.2 Å². The van der Waals surface area contributed by atoms with Crippen LogP contribution in [0, 0.1) is 18.7 Å². The van der Waals surface area contributed by atoms with E-state index in [1.807, 2.05) is 20.0 Å². The van der Waals surface area contributed by atoms with Crippen molar-refractivity contribution in [2.24, 2.45) is 10.9 Å². The highest BCUT2D eigenvalue weighted by Crippen LogP contribution is 2.28. The first-order chi connectivity index (χ1) is 11.1. The number of rotatable bonds is 8. The Morgan fingerprint density at radius 3 is 2.87 bits per heavy atom. The highest BCUT2D eigenvalue weighted by Gasteiger charge is 2.21. The van der Waals surface area contributed by atoms with Gasteiger partial charge in [0.15, 0.2) is 5.96 Å². The van der Waals surface area contributed by atoms with E-state index in [4.69, 9.17) is 4.74 Å². The predicted octanol–water partition coefficient (Wildman–Crippen LogP) is 2.96. The lowest BCUT2D eigenvalue weighted by Gasteiger charge is -2.22. The number of nitrogens with zero attached hydrogens (tertiary/aromatic N) is 2. The average Bonchev–Trinajstić information content (AvgIpc) is 3.35. The Morgan fingerprint density at radius 2 is 2.22 bits per heavy atom. The van der Waals surface area contributed by atoms with Gasteiger partial charge in [-0.3, -0.25) is 0 Å². The van der Waals surface area contributed by atoms with Crippen LogP contribution in [-0.2, 0) is 11.3 Å². The number of halogens is 1. The summed E-state index contributed by atoms with van der Waals surface area (Å²) in [5.41, 5.74) is 1.54. The van der Waals surface area contributed by atoms with E-state index in [1.54, 1.807) is 19.1 Å². The summed E-state index contributed by atoms with van der Waals surface area (Å²) in [6, 6.07) is 5.27. The fourth-order valence-corrected chi connectivity index (χ4v) is 2.21. The summed E-state index contributed by atoms with van der Waals surface area (Å²) in [6.45, 7) is 7.45. The van der Waals surface area contributed by atoms with Crippen molar-refractivity contribution in [2.45, 2.75) is 33.2 Å². The molecule has 0 atom stereocenters. The molecule has 1 N–H and O–H groups in total. The standard InChI is InChI=1S/C18H28FN3O/c1-4-20-18(22(3)9-10-23-13-15-7-8-15)21-12-16-6-5-14(2)17(19)11-16/h5-6,11,15H,4,7-10,12-13H2,1-3H3,(H,20,21). The summed E-state index contributed by atoms with van der Waals surface area (Å²) in [5, 5.41) is 3.27. The molecule has 5 heteroatoms. The Morgan fingerprint density at radius 1 is 1.43 bits per heavy atom. The minimum atomic E-state index is -0.176. The van der Waals surface area contributed by atoms with Gasteiger partial charge in [0, 0.05) is 26.7 Å². The van der Waals surface area contributed by atoms with Gasteiger partial charge in [0.1, 0.15) is 5.82 Å². The molecule has 1 aliphatic rings. The summed E-state index contributed by atoms with van der Waals surface area (Å²) in [4.78, 5) is 6.65. The van der Waals surface area contributed by atoms with Crippen LogP contribution >= 0.6 is 0 Å². The molecule has 0 bridgehead atoms. The van der Waals surface area contributed by atoms with Crippen molar-refractivity contribution in [3.8, 4) is 0 Å². The van der Waals surface area contributed by atoms with Crippen LogP contribution in [0.15, 0.2) is 23.2 Å². The molecule has 1 saturated carbocycles. The monoisotopic (exact) mass is 321 g/mol. The SMILES string of the molecule is CCNC(=NCc1ccc(C)c(F)c1)N(C)CCOCC1CC1. The number of benzene rings is 1. The van der Waals surface area contributed by atoms with Gasteiger partial charge >= 0.3 is 0 Å². The van der Waals surface area contributed by atoms with Crippen molar-refractivity contribution >= 4 is 5.96 Å². The maximum atomic E-state index is 13.6. The van der Waals surface area contributed by atoms with Gasteiger partial charge in [-0.1, -0.05) is 12.1 Å². The molecule has 0 unspecified atom stereocenters. The third-order valence-electron chi connectivity index (χ3n) is 3.97. The van der Waals surface area contributed by atoms with Crippen molar-refractivity contribution in [3.63, 3.8) is 0 Å². The summed E-state index contributed by atoms with van der Waals surface area (Å²) in [7, 11) is 2.00. The zero-order valence-corrected chi connectivity index (χ0v) is 14.4. The van der Waals surface area contributed by atoms with Gasteiger partial charge in [0.25, 0.3) is 0 Å². The van der Waals surface area contributed by atoms with Crippen LogP contribution in [0.1, 0.15) is 30.9 Å². The highest BCUT2D eigenvalue weighted by molar-refractivity contribution is 5.79. The number of aryl methyl sites for hydroxylation is 1. The Bertz CT molecular complexity index is 529. The van der Waals surface area contributed by atoms with Crippen LogP contribution in [0.5, 0.6) is 0 Å². The van der Waals surface area contributed by atoms with Gasteiger partial charge in [0.2, 0.25) is 0 Å². The van der Waals surface area contributed by atoms with E-state index in [-0.39, 0.29) is 5.82 Å². The van der Waals surface area contributed by atoms with Gasteiger partial charge in [-0.05, 0) is 49.8 Å². The molecule has 1 aliphatic carbocycles. The fraction of sp³-hybridized carbons (Fsp3) is 0.611. The molecule has 0 spiro atoms. The van der Waals surface area contributed by atoms with Crippen LogP contribution in [0.2, 0.25) is 0 Å². The van der Waals surface area contributed by atoms with E-state index < -0.39 is 0 Å². The topological polar surface area (TPSA) is 36.9 Å². The third-order valence-corrected chi connectivity index (χ3v) is 3.97. The number of ether oxygens (including phenoxy) is 1. The first-order valence-corrected chi connectivity index (χ1v) is 8.42. The number of hydrogen-bond donors (Lipinski definition) is 1. The summed E-state index contributed by atoms with van der Waals surface area (Å²) >= 11 is 0. The Labute approximate surface area is 138 Å². The lowest BCUT2D eigenvalue weighted by atomic mass is 10.1. The van der Waals surface area contributed by atoms with Gasteiger partial charge < -0.3 is 15.0 Å². The zero-order valence-electron chi connectivity index (χ0n) is 14.4. The molecule has 0 saturated heterocycles. The third kappa shape index (κ3) is 6.18. The lowest BCUT2D eigenvalue weighted by Crippen LogP contribution is -2.40. The lowest BCUT2D eigenvalue weighted by molar-refractivity contribution is 0.115. The van der Waals surface area contributed by atoms with Gasteiger partial charge in [-0.15, -0.1) is 0 Å². The maximum Gasteiger partial charge on any atom is 0.194 e. The molecule has 1 fully saturated rings. The molecule has 0 radical (unpaired) electrons. The molecular formula is C18H28FN3O. The van der Waals surface area contributed by atoms with Gasteiger partial charge in [0.05, 0.1) is 13.2 Å². The van der Waals surface area contributed by atoms with E-state index in [1.165, 1.54) is 12.8 Å².